The minimum atomic E-state index is -1.06. The molecule has 4 aromatic rings. The number of carbonyl (C=O) groups excluding carboxylic acids is 2. The van der Waals surface area contributed by atoms with Crippen LogP contribution >= 0.6 is 11.6 Å². The molecule has 1 aliphatic heterocycles. The predicted octanol–water partition coefficient (Wildman–Crippen LogP) is 3.68. The van der Waals surface area contributed by atoms with E-state index in [9.17, 15) is 19.5 Å². The molecule has 0 saturated heterocycles. The fourth-order valence-electron chi connectivity index (χ4n) is 5.04. The molecule has 41 heavy (non-hydrogen) atoms. The molecule has 12 heteroatoms. The monoisotopic (exact) mass is 571 g/mol. The number of nitrogens with two attached hydrogens (primary N) is 1. The number of aromatic nitrogens is 5. The molecule has 2 aromatic heterocycles. The first-order valence-corrected chi connectivity index (χ1v) is 13.0. The van der Waals surface area contributed by atoms with Crippen LogP contribution in [-0.2, 0) is 21.4 Å². The van der Waals surface area contributed by atoms with Crippen LogP contribution in [0.5, 0.6) is 0 Å². The van der Waals surface area contributed by atoms with Gasteiger partial charge in [0.15, 0.2) is 5.78 Å². The molecule has 1 unspecified atom stereocenters. The predicted molar refractivity (Wildman–Crippen MR) is 151 cm³/mol. The average molecular weight is 572 g/mol. The summed E-state index contributed by atoms with van der Waals surface area (Å²) in [6.07, 6.45) is 5.95. The normalized spacial score (nSPS) is 16.0. The van der Waals surface area contributed by atoms with E-state index in [1.807, 2.05) is 13.8 Å². The quantitative estimate of drug-likeness (QED) is 0.316. The van der Waals surface area contributed by atoms with Gasteiger partial charge >= 0.3 is 5.97 Å². The van der Waals surface area contributed by atoms with Crippen molar-refractivity contribution in [1.29, 1.82) is 0 Å². The number of tetrazole rings is 1. The van der Waals surface area contributed by atoms with E-state index in [0.717, 1.165) is 0 Å². The molecule has 0 radical (unpaired) electrons. The molecular formula is C29H26ClN7O4. The fraction of sp³-hybridized carbons (Fsp3) is 0.207. The number of nitrogen functional groups attached to an aromatic ring is 1. The number of pyridine rings is 1. The van der Waals surface area contributed by atoms with Gasteiger partial charge in [-0.3, -0.25) is 14.6 Å². The Bertz CT molecular complexity index is 1670. The Kier molecular flexibility index (Phi) is 7.38. The highest BCUT2D eigenvalue weighted by Crippen LogP contribution is 2.40. The van der Waals surface area contributed by atoms with Gasteiger partial charge in [0, 0.05) is 40.6 Å². The van der Waals surface area contributed by atoms with Crippen LogP contribution in [0.2, 0.25) is 5.02 Å². The summed E-state index contributed by atoms with van der Waals surface area (Å²) in [6, 6.07) is 11.9. The smallest absolute Gasteiger partial charge is 0.335 e. The number of carbonyl (C=O) groups is 3. The SMILES string of the molecule is CC1(C)CN(C(=O)/C=C/c2cc(Cl)ccc2-n2cnnn2)C(C(=O)Cc2ccc(C(=O)O)cc2)c2cc(N)cnc21. The van der Waals surface area contributed by atoms with Gasteiger partial charge in [0.1, 0.15) is 12.4 Å². The molecule has 1 aliphatic rings. The van der Waals surface area contributed by atoms with E-state index in [2.05, 4.69) is 20.5 Å². The van der Waals surface area contributed by atoms with Crippen LogP contribution in [0.3, 0.4) is 0 Å². The minimum Gasteiger partial charge on any atom is -0.478 e. The van der Waals surface area contributed by atoms with Crippen LogP contribution < -0.4 is 5.73 Å². The Morgan fingerprint density at radius 2 is 1.90 bits per heavy atom. The van der Waals surface area contributed by atoms with Crippen molar-refractivity contribution in [3.63, 3.8) is 0 Å². The third-order valence-corrected chi connectivity index (χ3v) is 7.14. The van der Waals surface area contributed by atoms with Gasteiger partial charge < -0.3 is 15.7 Å². The van der Waals surface area contributed by atoms with E-state index < -0.39 is 23.3 Å². The number of aromatic carboxylic acids is 1. The first kappa shape index (κ1) is 27.7. The summed E-state index contributed by atoms with van der Waals surface area (Å²) < 4.78 is 1.46. The molecule has 11 nitrogen and oxygen atoms in total. The van der Waals surface area contributed by atoms with Gasteiger partial charge in [-0.2, -0.15) is 4.68 Å². The summed E-state index contributed by atoms with van der Waals surface area (Å²) in [7, 11) is 0. The third-order valence-electron chi connectivity index (χ3n) is 6.91. The van der Waals surface area contributed by atoms with E-state index in [-0.39, 0.29) is 24.3 Å². The fourth-order valence-corrected chi connectivity index (χ4v) is 5.22. The lowest BCUT2D eigenvalue weighted by atomic mass is 9.77. The molecule has 0 saturated carbocycles. The number of rotatable bonds is 7. The molecule has 1 amide bonds. The van der Waals surface area contributed by atoms with Gasteiger partial charge in [-0.15, -0.1) is 5.10 Å². The molecule has 208 valence electrons. The Morgan fingerprint density at radius 3 is 2.59 bits per heavy atom. The molecule has 0 spiro atoms. The second-order valence-corrected chi connectivity index (χ2v) is 10.8. The van der Waals surface area contributed by atoms with Crippen molar-refractivity contribution >= 4 is 41.0 Å². The van der Waals surface area contributed by atoms with Crippen LogP contribution in [0.4, 0.5) is 5.69 Å². The number of halogens is 1. The highest BCUT2D eigenvalue weighted by atomic mass is 35.5. The lowest BCUT2D eigenvalue weighted by molar-refractivity contribution is -0.137. The second kappa shape index (κ2) is 10.9. The van der Waals surface area contributed by atoms with E-state index >= 15 is 0 Å². The summed E-state index contributed by atoms with van der Waals surface area (Å²) in [4.78, 5) is 45.0. The van der Waals surface area contributed by atoms with Crippen LogP contribution in [0.1, 0.15) is 52.6 Å². The zero-order valence-electron chi connectivity index (χ0n) is 22.2. The number of carboxylic acids is 1. The minimum absolute atomic E-state index is 0.0233. The molecule has 0 bridgehead atoms. The Morgan fingerprint density at radius 1 is 1.15 bits per heavy atom. The van der Waals surface area contributed by atoms with Crippen molar-refractivity contribution < 1.29 is 19.5 Å². The first-order chi connectivity index (χ1) is 19.5. The van der Waals surface area contributed by atoms with Crippen LogP contribution in [-0.4, -0.2) is 59.4 Å². The number of benzene rings is 2. The Hall–Kier alpha value is -4.90. The Balaban J connectivity index is 1.51. The van der Waals surface area contributed by atoms with Crippen molar-refractivity contribution in [2.75, 3.05) is 12.3 Å². The average Bonchev–Trinajstić information content (AvgIpc) is 3.46. The first-order valence-electron chi connectivity index (χ1n) is 12.7. The maximum atomic E-state index is 13.9. The van der Waals surface area contributed by atoms with E-state index in [4.69, 9.17) is 17.3 Å². The molecule has 0 fully saturated rings. The number of hydrogen-bond acceptors (Lipinski definition) is 8. The van der Waals surface area contributed by atoms with Gasteiger partial charge in [-0.25, -0.2) is 4.79 Å². The van der Waals surface area contributed by atoms with E-state index in [0.29, 0.717) is 38.8 Å². The summed E-state index contributed by atoms with van der Waals surface area (Å²) in [5.74, 6) is -1.70. The molecule has 2 aromatic carbocycles. The highest BCUT2D eigenvalue weighted by Gasteiger charge is 2.43. The molecule has 3 N–H and O–H groups in total. The van der Waals surface area contributed by atoms with Crippen molar-refractivity contribution in [2.45, 2.75) is 31.7 Å². The summed E-state index contributed by atoms with van der Waals surface area (Å²) >= 11 is 6.23. The number of carboxylic acid groups (broad SMARTS) is 1. The maximum absolute atomic E-state index is 13.9. The number of Topliss-reactive ketones (excluding diaryl/α,β-unsaturated/α-hetero) is 1. The Labute approximate surface area is 240 Å². The van der Waals surface area contributed by atoms with Crippen molar-refractivity contribution in [1.82, 2.24) is 30.1 Å². The summed E-state index contributed by atoms with van der Waals surface area (Å²) in [6.45, 7) is 4.14. The number of nitrogens with zero attached hydrogens (tertiary/aromatic N) is 6. The molecule has 0 aliphatic carbocycles. The molecule has 5 rings (SSSR count). The second-order valence-electron chi connectivity index (χ2n) is 10.4. The topological polar surface area (TPSA) is 157 Å². The van der Waals surface area contributed by atoms with Crippen molar-refractivity contribution in [2.24, 2.45) is 0 Å². The standard InChI is InChI=1S/C29H26ClN7O4/c1-29(2)15-36(25(39)10-7-19-12-20(30)8-9-23(19)37-16-33-34-35-37)26(22-13-21(31)14-32-27(22)29)24(38)11-17-3-5-18(6-4-17)28(40)41/h3-10,12-14,16,26H,11,15,31H2,1-2H3,(H,40,41)/b10-7+. The van der Waals surface area contributed by atoms with Gasteiger partial charge in [-0.05, 0) is 58.5 Å². The van der Waals surface area contributed by atoms with E-state index in [1.54, 1.807) is 48.7 Å². The number of amides is 1. The zero-order chi connectivity index (χ0) is 29.3. The maximum Gasteiger partial charge on any atom is 0.335 e. The highest BCUT2D eigenvalue weighted by molar-refractivity contribution is 6.30. The van der Waals surface area contributed by atoms with Gasteiger partial charge in [0.25, 0.3) is 0 Å². The zero-order valence-corrected chi connectivity index (χ0v) is 23.0. The van der Waals surface area contributed by atoms with E-state index in [1.165, 1.54) is 34.1 Å². The molecule has 1 atom stereocenters. The number of ketones is 1. The number of anilines is 1. The van der Waals surface area contributed by atoms with Crippen LogP contribution in [0, 0.1) is 0 Å². The van der Waals surface area contributed by atoms with Crippen molar-refractivity contribution in [3.8, 4) is 5.69 Å². The van der Waals surface area contributed by atoms with Gasteiger partial charge in [0.05, 0.1) is 28.8 Å². The van der Waals surface area contributed by atoms with Gasteiger partial charge in [-0.1, -0.05) is 37.6 Å². The number of fused-ring (bicyclic) bond motifs is 1. The number of hydrogen-bond donors (Lipinski definition) is 2. The summed E-state index contributed by atoms with van der Waals surface area (Å²) in [5, 5.41) is 20.9. The lowest BCUT2D eigenvalue weighted by Gasteiger charge is -2.43. The third kappa shape index (κ3) is 5.71. The van der Waals surface area contributed by atoms with Crippen molar-refractivity contribution in [3.05, 3.63) is 100 Å². The summed E-state index contributed by atoms with van der Waals surface area (Å²) in [5.41, 5.74) is 9.09. The van der Waals surface area contributed by atoms with Crippen LogP contribution in [0.15, 0.2) is 67.1 Å². The molecule has 3 heterocycles. The van der Waals surface area contributed by atoms with Gasteiger partial charge in [0.2, 0.25) is 5.91 Å². The van der Waals surface area contributed by atoms with Crippen LogP contribution in [0.25, 0.3) is 11.8 Å². The largest absolute Gasteiger partial charge is 0.478 e. The lowest BCUT2D eigenvalue weighted by Crippen LogP contribution is -2.50. The molecular weight excluding hydrogens is 546 g/mol.